The minimum atomic E-state index is -0.226. The van der Waals surface area contributed by atoms with Crippen LogP contribution in [0.3, 0.4) is 0 Å². The van der Waals surface area contributed by atoms with Crippen LogP contribution in [0.15, 0.2) is 34.9 Å². The van der Waals surface area contributed by atoms with E-state index in [-0.39, 0.29) is 12.5 Å². The summed E-state index contributed by atoms with van der Waals surface area (Å²) in [6.07, 6.45) is 0. The zero-order valence-corrected chi connectivity index (χ0v) is 11.1. The molecular weight excluding hydrogens is 268 g/mol. The quantitative estimate of drug-likeness (QED) is 0.913. The molecule has 0 unspecified atom stereocenters. The summed E-state index contributed by atoms with van der Waals surface area (Å²) in [5, 5.41) is 7.08. The average molecular weight is 281 g/mol. The van der Waals surface area contributed by atoms with Gasteiger partial charge in [0.15, 0.2) is 6.61 Å². The number of aryl methyl sites for hydroxylation is 1. The Kier molecular flexibility index (Phi) is 4.41. The molecular formula is C13H13ClN2O3. The molecule has 5 nitrogen and oxygen atoms in total. The molecule has 0 aliphatic heterocycles. The monoisotopic (exact) mass is 280 g/mol. The fraction of sp³-hybridized carbons (Fsp3) is 0.231. The van der Waals surface area contributed by atoms with Gasteiger partial charge in [-0.3, -0.25) is 4.79 Å². The number of aromatic nitrogens is 1. The fourth-order valence-electron chi connectivity index (χ4n) is 1.42. The van der Waals surface area contributed by atoms with Crippen molar-refractivity contribution in [1.29, 1.82) is 0 Å². The van der Waals surface area contributed by atoms with Crippen LogP contribution in [0, 0.1) is 6.92 Å². The van der Waals surface area contributed by atoms with Crippen LogP contribution in [0.2, 0.25) is 5.02 Å². The zero-order chi connectivity index (χ0) is 13.7. The van der Waals surface area contributed by atoms with Gasteiger partial charge in [-0.25, -0.2) is 0 Å². The van der Waals surface area contributed by atoms with Crippen LogP contribution in [0.5, 0.6) is 5.75 Å². The number of rotatable bonds is 5. The van der Waals surface area contributed by atoms with Gasteiger partial charge >= 0.3 is 0 Å². The molecule has 19 heavy (non-hydrogen) atoms. The Morgan fingerprint density at radius 2 is 2.16 bits per heavy atom. The number of hydrogen-bond acceptors (Lipinski definition) is 4. The number of hydrogen-bond donors (Lipinski definition) is 1. The first-order chi connectivity index (χ1) is 9.13. The molecule has 1 N–H and O–H groups in total. The standard InChI is InChI=1S/C13H13ClN2O3/c1-9-6-11(16-19-9)7-15-13(17)8-18-12-4-2-10(14)3-5-12/h2-6H,7-8H2,1H3,(H,15,17). The second kappa shape index (κ2) is 6.24. The molecule has 0 atom stereocenters. The first-order valence-electron chi connectivity index (χ1n) is 5.71. The van der Waals surface area contributed by atoms with Crippen molar-refractivity contribution in [2.75, 3.05) is 6.61 Å². The van der Waals surface area contributed by atoms with Crippen molar-refractivity contribution in [2.45, 2.75) is 13.5 Å². The summed E-state index contributed by atoms with van der Waals surface area (Å²) in [5.74, 6) is 1.08. The van der Waals surface area contributed by atoms with E-state index >= 15 is 0 Å². The molecule has 0 aliphatic rings. The maximum absolute atomic E-state index is 11.5. The summed E-state index contributed by atoms with van der Waals surface area (Å²) in [6, 6.07) is 8.58. The number of nitrogens with one attached hydrogen (secondary N) is 1. The number of halogens is 1. The number of amides is 1. The van der Waals surface area contributed by atoms with Gasteiger partial charge in [-0.05, 0) is 31.2 Å². The number of nitrogens with zero attached hydrogens (tertiary/aromatic N) is 1. The van der Waals surface area contributed by atoms with Crippen LogP contribution in [0.4, 0.5) is 0 Å². The van der Waals surface area contributed by atoms with Crippen LogP contribution in [0.25, 0.3) is 0 Å². The van der Waals surface area contributed by atoms with E-state index in [2.05, 4.69) is 10.5 Å². The first-order valence-corrected chi connectivity index (χ1v) is 6.08. The van der Waals surface area contributed by atoms with Crippen LogP contribution in [-0.4, -0.2) is 17.7 Å². The lowest BCUT2D eigenvalue weighted by molar-refractivity contribution is -0.123. The lowest BCUT2D eigenvalue weighted by atomic mass is 10.3. The smallest absolute Gasteiger partial charge is 0.258 e. The predicted octanol–water partition coefficient (Wildman–Crippen LogP) is 2.33. The Labute approximate surface area is 115 Å². The van der Waals surface area contributed by atoms with E-state index in [1.807, 2.05) is 0 Å². The number of benzene rings is 1. The van der Waals surface area contributed by atoms with E-state index in [9.17, 15) is 4.79 Å². The summed E-state index contributed by atoms with van der Waals surface area (Å²) < 4.78 is 10.2. The third kappa shape index (κ3) is 4.30. The van der Waals surface area contributed by atoms with E-state index in [0.29, 0.717) is 28.8 Å². The Morgan fingerprint density at radius 1 is 1.42 bits per heavy atom. The van der Waals surface area contributed by atoms with Crippen molar-refractivity contribution in [3.63, 3.8) is 0 Å². The largest absolute Gasteiger partial charge is 0.484 e. The van der Waals surface area contributed by atoms with E-state index in [4.69, 9.17) is 20.9 Å². The Hall–Kier alpha value is -2.01. The van der Waals surface area contributed by atoms with Crippen molar-refractivity contribution < 1.29 is 14.1 Å². The van der Waals surface area contributed by atoms with E-state index < -0.39 is 0 Å². The van der Waals surface area contributed by atoms with E-state index in [1.165, 1.54) is 0 Å². The van der Waals surface area contributed by atoms with Gasteiger partial charge < -0.3 is 14.6 Å². The highest BCUT2D eigenvalue weighted by atomic mass is 35.5. The minimum Gasteiger partial charge on any atom is -0.484 e. The Balaban J connectivity index is 1.74. The normalized spacial score (nSPS) is 10.2. The molecule has 0 saturated heterocycles. The molecule has 1 aromatic heterocycles. The fourth-order valence-corrected chi connectivity index (χ4v) is 1.55. The van der Waals surface area contributed by atoms with Crippen molar-refractivity contribution in [1.82, 2.24) is 10.5 Å². The van der Waals surface area contributed by atoms with Gasteiger partial charge in [0.25, 0.3) is 5.91 Å². The van der Waals surface area contributed by atoms with E-state index in [1.54, 1.807) is 37.3 Å². The van der Waals surface area contributed by atoms with Gasteiger partial charge in [0.1, 0.15) is 17.2 Å². The highest BCUT2D eigenvalue weighted by Crippen LogP contribution is 2.15. The summed E-state index contributed by atoms with van der Waals surface area (Å²) in [5.41, 5.74) is 0.678. The third-order valence-corrected chi connectivity index (χ3v) is 2.58. The summed E-state index contributed by atoms with van der Waals surface area (Å²) in [4.78, 5) is 11.5. The lowest BCUT2D eigenvalue weighted by Crippen LogP contribution is -2.28. The Bertz CT molecular complexity index is 551. The predicted molar refractivity (Wildman–Crippen MR) is 70.0 cm³/mol. The van der Waals surface area contributed by atoms with E-state index in [0.717, 1.165) is 0 Å². The van der Waals surface area contributed by atoms with Crippen LogP contribution in [0.1, 0.15) is 11.5 Å². The zero-order valence-electron chi connectivity index (χ0n) is 10.4. The second-order valence-electron chi connectivity index (χ2n) is 3.95. The topological polar surface area (TPSA) is 64.4 Å². The summed E-state index contributed by atoms with van der Waals surface area (Å²) >= 11 is 5.74. The molecule has 0 spiro atoms. The van der Waals surface area contributed by atoms with Crippen LogP contribution < -0.4 is 10.1 Å². The van der Waals surface area contributed by atoms with Gasteiger partial charge in [0.05, 0.1) is 6.54 Å². The molecule has 1 heterocycles. The molecule has 2 rings (SSSR count). The molecule has 6 heteroatoms. The van der Waals surface area contributed by atoms with Crippen molar-refractivity contribution in [3.8, 4) is 5.75 Å². The second-order valence-corrected chi connectivity index (χ2v) is 4.38. The molecule has 0 fully saturated rings. The van der Waals surface area contributed by atoms with Crippen LogP contribution >= 0.6 is 11.6 Å². The maximum atomic E-state index is 11.5. The number of ether oxygens (including phenoxy) is 1. The third-order valence-electron chi connectivity index (χ3n) is 2.33. The summed E-state index contributed by atoms with van der Waals surface area (Å²) in [6.45, 7) is 2.06. The van der Waals surface area contributed by atoms with Gasteiger partial charge in [-0.15, -0.1) is 0 Å². The van der Waals surface area contributed by atoms with Crippen molar-refractivity contribution in [2.24, 2.45) is 0 Å². The van der Waals surface area contributed by atoms with Crippen molar-refractivity contribution >= 4 is 17.5 Å². The highest BCUT2D eigenvalue weighted by Gasteiger charge is 2.05. The average Bonchev–Trinajstić information content (AvgIpc) is 2.81. The van der Waals surface area contributed by atoms with Gasteiger partial charge in [0, 0.05) is 11.1 Å². The van der Waals surface area contributed by atoms with Gasteiger partial charge in [-0.2, -0.15) is 0 Å². The molecule has 0 saturated carbocycles. The molecule has 2 aromatic rings. The molecule has 0 radical (unpaired) electrons. The van der Waals surface area contributed by atoms with Gasteiger partial charge in [-0.1, -0.05) is 16.8 Å². The molecule has 1 aromatic carbocycles. The molecule has 0 aliphatic carbocycles. The van der Waals surface area contributed by atoms with Gasteiger partial charge in [0.2, 0.25) is 0 Å². The van der Waals surface area contributed by atoms with Crippen molar-refractivity contribution in [3.05, 3.63) is 46.8 Å². The Morgan fingerprint density at radius 3 is 2.79 bits per heavy atom. The number of carbonyl (C=O) groups excluding carboxylic acids is 1. The van der Waals surface area contributed by atoms with Crippen LogP contribution in [-0.2, 0) is 11.3 Å². The first kappa shape index (κ1) is 13.4. The number of carbonyl (C=O) groups is 1. The lowest BCUT2D eigenvalue weighted by Gasteiger charge is -2.06. The molecule has 1 amide bonds. The maximum Gasteiger partial charge on any atom is 0.258 e. The SMILES string of the molecule is Cc1cc(CNC(=O)COc2ccc(Cl)cc2)no1. The molecule has 0 bridgehead atoms. The highest BCUT2D eigenvalue weighted by molar-refractivity contribution is 6.30. The minimum absolute atomic E-state index is 0.0571. The summed E-state index contributed by atoms with van der Waals surface area (Å²) in [7, 11) is 0. The molecule has 100 valence electrons.